The highest BCUT2D eigenvalue weighted by Gasteiger charge is 2.47. The quantitative estimate of drug-likeness (QED) is 0.748. The van der Waals surface area contributed by atoms with Crippen LogP contribution in [0.2, 0.25) is 0 Å². The van der Waals surface area contributed by atoms with Crippen LogP contribution >= 0.6 is 0 Å². The van der Waals surface area contributed by atoms with E-state index in [4.69, 9.17) is 4.74 Å². The Morgan fingerprint density at radius 1 is 1.14 bits per heavy atom. The van der Waals surface area contributed by atoms with Crippen LogP contribution in [0.5, 0.6) is 5.75 Å². The Morgan fingerprint density at radius 3 is 2.61 bits per heavy atom. The van der Waals surface area contributed by atoms with Crippen molar-refractivity contribution in [2.45, 2.75) is 58.3 Å². The molecular formula is C25H30O3. The highest BCUT2D eigenvalue weighted by atomic mass is 16.5. The molecule has 2 aromatic carbocycles. The van der Waals surface area contributed by atoms with Crippen molar-refractivity contribution in [2.24, 2.45) is 11.8 Å². The largest absolute Gasteiger partial charge is 0.493 e. The summed E-state index contributed by atoms with van der Waals surface area (Å²) in [5, 5.41) is 10.2. The molecule has 0 aromatic heterocycles. The van der Waals surface area contributed by atoms with E-state index >= 15 is 0 Å². The summed E-state index contributed by atoms with van der Waals surface area (Å²) < 4.78 is 5.75. The van der Waals surface area contributed by atoms with E-state index in [1.165, 1.54) is 22.3 Å². The van der Waals surface area contributed by atoms with Gasteiger partial charge in [-0.25, -0.2) is 0 Å². The average molecular weight is 379 g/mol. The van der Waals surface area contributed by atoms with Crippen molar-refractivity contribution in [3.05, 3.63) is 64.2 Å². The maximum atomic E-state index is 12.4. The van der Waals surface area contributed by atoms with Gasteiger partial charge in [0.15, 0.2) is 0 Å². The van der Waals surface area contributed by atoms with Crippen LogP contribution in [0.4, 0.5) is 0 Å². The summed E-state index contributed by atoms with van der Waals surface area (Å²) in [4.78, 5) is 12.4. The van der Waals surface area contributed by atoms with Crippen molar-refractivity contribution in [1.29, 1.82) is 0 Å². The monoisotopic (exact) mass is 378 g/mol. The predicted octanol–water partition coefficient (Wildman–Crippen LogP) is 5.49. The third-order valence-electron chi connectivity index (χ3n) is 6.98. The van der Waals surface area contributed by atoms with Crippen LogP contribution < -0.4 is 4.74 Å². The molecule has 1 aliphatic heterocycles. The molecule has 148 valence electrons. The number of aliphatic carboxylic acids is 1. The summed E-state index contributed by atoms with van der Waals surface area (Å²) in [6, 6.07) is 13.0. The number of hydrogen-bond donors (Lipinski definition) is 1. The van der Waals surface area contributed by atoms with E-state index < -0.39 is 11.9 Å². The Hall–Kier alpha value is -2.29. The number of carboxylic acids is 1. The van der Waals surface area contributed by atoms with Gasteiger partial charge >= 0.3 is 5.97 Å². The van der Waals surface area contributed by atoms with Crippen molar-refractivity contribution in [2.75, 3.05) is 6.61 Å². The molecule has 0 amide bonds. The van der Waals surface area contributed by atoms with Crippen LogP contribution in [0, 0.1) is 18.8 Å². The van der Waals surface area contributed by atoms with E-state index in [1.807, 2.05) is 0 Å². The summed E-state index contributed by atoms with van der Waals surface area (Å²) in [6.45, 7) is 7.23. The number of ether oxygens (including phenoxy) is 1. The first-order valence-corrected chi connectivity index (χ1v) is 10.6. The van der Waals surface area contributed by atoms with Gasteiger partial charge in [0.2, 0.25) is 0 Å². The molecule has 0 bridgehead atoms. The number of hydrogen-bond acceptors (Lipinski definition) is 2. The van der Waals surface area contributed by atoms with Gasteiger partial charge in [-0.05, 0) is 65.5 Å². The Balaban J connectivity index is 1.74. The van der Waals surface area contributed by atoms with Crippen LogP contribution in [0.25, 0.3) is 0 Å². The van der Waals surface area contributed by atoms with Crippen LogP contribution in [-0.4, -0.2) is 17.7 Å². The molecule has 1 aliphatic carbocycles. The first kappa shape index (κ1) is 19.0. The summed E-state index contributed by atoms with van der Waals surface area (Å²) >= 11 is 0. The van der Waals surface area contributed by atoms with E-state index in [0.29, 0.717) is 5.92 Å². The van der Waals surface area contributed by atoms with Crippen molar-refractivity contribution in [1.82, 2.24) is 0 Å². The first-order chi connectivity index (χ1) is 13.5. The maximum absolute atomic E-state index is 12.4. The number of carbonyl (C=O) groups is 1. The van der Waals surface area contributed by atoms with Crippen LogP contribution in [0.3, 0.4) is 0 Å². The second kappa shape index (κ2) is 7.62. The Kier molecular flexibility index (Phi) is 5.18. The van der Waals surface area contributed by atoms with Gasteiger partial charge in [0.1, 0.15) is 5.75 Å². The second-order valence-electron chi connectivity index (χ2n) is 8.41. The molecule has 1 saturated carbocycles. The van der Waals surface area contributed by atoms with Gasteiger partial charge in [0.25, 0.3) is 0 Å². The van der Waals surface area contributed by atoms with Gasteiger partial charge in [-0.15, -0.1) is 0 Å². The van der Waals surface area contributed by atoms with Gasteiger partial charge < -0.3 is 9.84 Å². The number of rotatable bonds is 5. The topological polar surface area (TPSA) is 46.5 Å². The normalized spacial score (nSPS) is 26.1. The van der Waals surface area contributed by atoms with Gasteiger partial charge in [-0.2, -0.15) is 0 Å². The van der Waals surface area contributed by atoms with Gasteiger partial charge in [-0.1, -0.05) is 50.6 Å². The highest BCUT2D eigenvalue weighted by molar-refractivity contribution is 5.74. The SMILES string of the molecule is CCc1ccc(C2C(CC)CC(c3ccc4c(c3)OCC4)[C@@H]2C(=O)O)cc1C. The molecule has 0 radical (unpaired) electrons. The van der Waals surface area contributed by atoms with Crippen molar-refractivity contribution < 1.29 is 14.6 Å². The molecular weight excluding hydrogens is 348 g/mol. The molecule has 4 atom stereocenters. The minimum absolute atomic E-state index is 0.0353. The summed E-state index contributed by atoms with van der Waals surface area (Å²) in [5.41, 5.74) is 6.16. The lowest BCUT2D eigenvalue weighted by Gasteiger charge is -2.25. The van der Waals surface area contributed by atoms with E-state index in [0.717, 1.165) is 43.6 Å². The van der Waals surface area contributed by atoms with Crippen LogP contribution in [0.1, 0.15) is 66.3 Å². The van der Waals surface area contributed by atoms with Gasteiger partial charge in [0, 0.05) is 12.3 Å². The lowest BCUT2D eigenvalue weighted by Crippen LogP contribution is -2.24. The van der Waals surface area contributed by atoms with E-state index in [1.54, 1.807) is 0 Å². The fourth-order valence-corrected chi connectivity index (χ4v) is 5.47. The lowest BCUT2D eigenvalue weighted by molar-refractivity contribution is -0.142. The molecule has 28 heavy (non-hydrogen) atoms. The molecule has 2 aromatic rings. The number of fused-ring (bicyclic) bond motifs is 1. The highest BCUT2D eigenvalue weighted by Crippen LogP contribution is 2.54. The van der Waals surface area contributed by atoms with Crippen molar-refractivity contribution >= 4 is 5.97 Å². The zero-order chi connectivity index (χ0) is 19.8. The zero-order valence-corrected chi connectivity index (χ0v) is 17.1. The van der Waals surface area contributed by atoms with Crippen LogP contribution in [0.15, 0.2) is 36.4 Å². The first-order valence-electron chi connectivity index (χ1n) is 10.6. The number of aryl methyl sites for hydroxylation is 2. The molecule has 0 saturated heterocycles. The Bertz CT molecular complexity index is 885. The molecule has 4 rings (SSSR count). The van der Waals surface area contributed by atoms with Crippen LogP contribution in [-0.2, 0) is 17.6 Å². The maximum Gasteiger partial charge on any atom is 0.307 e. The molecule has 3 nitrogen and oxygen atoms in total. The molecule has 0 spiro atoms. The third kappa shape index (κ3) is 3.21. The number of benzene rings is 2. The smallest absolute Gasteiger partial charge is 0.307 e. The second-order valence-corrected chi connectivity index (χ2v) is 8.41. The summed E-state index contributed by atoms with van der Waals surface area (Å²) in [6.07, 6.45) is 3.88. The minimum Gasteiger partial charge on any atom is -0.493 e. The summed E-state index contributed by atoms with van der Waals surface area (Å²) in [5.74, 6) is 0.355. The molecule has 2 aliphatic rings. The average Bonchev–Trinajstić information content (AvgIpc) is 3.31. The minimum atomic E-state index is -0.676. The Labute approximate surface area is 167 Å². The van der Waals surface area contributed by atoms with Gasteiger partial charge in [-0.3, -0.25) is 4.79 Å². The van der Waals surface area contributed by atoms with E-state index in [9.17, 15) is 9.90 Å². The standard InChI is InChI=1S/C25H30O3/c1-4-16-6-9-20(12-15(16)3)23-17(5-2)13-21(24(23)25(26)27)19-8-7-18-10-11-28-22(18)14-19/h6-9,12,14,17,21,23-24H,4-5,10-11,13H2,1-3H3,(H,26,27)/t17?,21?,23?,24-/m0/s1. The third-order valence-corrected chi connectivity index (χ3v) is 6.98. The molecule has 1 fully saturated rings. The Morgan fingerprint density at radius 2 is 1.93 bits per heavy atom. The predicted molar refractivity (Wildman–Crippen MR) is 111 cm³/mol. The molecule has 1 heterocycles. The van der Waals surface area contributed by atoms with E-state index in [2.05, 4.69) is 57.2 Å². The molecule has 1 N–H and O–H groups in total. The number of carboxylic acid groups (broad SMARTS) is 1. The lowest BCUT2D eigenvalue weighted by atomic mass is 9.78. The fourth-order valence-electron chi connectivity index (χ4n) is 5.47. The zero-order valence-electron chi connectivity index (χ0n) is 17.1. The fraction of sp³-hybridized carbons (Fsp3) is 0.480. The molecule has 3 unspecified atom stereocenters. The molecule has 3 heteroatoms. The van der Waals surface area contributed by atoms with Crippen molar-refractivity contribution in [3.8, 4) is 5.75 Å². The van der Waals surface area contributed by atoms with E-state index in [-0.39, 0.29) is 11.8 Å². The van der Waals surface area contributed by atoms with Gasteiger partial charge in [0.05, 0.1) is 12.5 Å². The van der Waals surface area contributed by atoms with Crippen molar-refractivity contribution in [3.63, 3.8) is 0 Å². The summed E-state index contributed by atoms with van der Waals surface area (Å²) in [7, 11) is 0.